The fourth-order valence-electron chi connectivity index (χ4n) is 1.39. The SMILES string of the molecule is CC(C)OP(=O)(O)c1ccc(C(C)C)cc1. The summed E-state index contributed by atoms with van der Waals surface area (Å²) in [5.41, 5.74) is 1.15. The van der Waals surface area contributed by atoms with E-state index >= 15 is 0 Å². The number of rotatable bonds is 4. The van der Waals surface area contributed by atoms with Gasteiger partial charge in [-0.25, -0.2) is 0 Å². The zero-order chi connectivity index (χ0) is 12.3. The van der Waals surface area contributed by atoms with Crippen LogP contribution in [0.1, 0.15) is 39.2 Å². The molecule has 0 aliphatic heterocycles. The van der Waals surface area contributed by atoms with Crippen molar-refractivity contribution in [2.45, 2.75) is 39.7 Å². The summed E-state index contributed by atoms with van der Waals surface area (Å²) in [6.07, 6.45) is -0.263. The molecule has 4 heteroatoms. The van der Waals surface area contributed by atoms with Gasteiger partial charge in [-0.05, 0) is 37.5 Å². The van der Waals surface area contributed by atoms with Gasteiger partial charge in [-0.1, -0.05) is 26.0 Å². The molecule has 0 bridgehead atoms. The average molecular weight is 242 g/mol. The predicted octanol–water partition coefficient (Wildman–Crippen LogP) is 3.05. The lowest BCUT2D eigenvalue weighted by Crippen LogP contribution is -2.11. The van der Waals surface area contributed by atoms with Crippen LogP contribution in [0.25, 0.3) is 0 Å². The minimum Gasteiger partial charge on any atom is -0.321 e. The maximum absolute atomic E-state index is 11.8. The molecule has 0 heterocycles. The molecule has 1 rings (SSSR count). The zero-order valence-electron chi connectivity index (χ0n) is 10.2. The van der Waals surface area contributed by atoms with Crippen LogP contribution in [0, 0.1) is 0 Å². The fraction of sp³-hybridized carbons (Fsp3) is 0.500. The van der Waals surface area contributed by atoms with E-state index in [2.05, 4.69) is 13.8 Å². The van der Waals surface area contributed by atoms with Gasteiger partial charge in [0.05, 0.1) is 11.4 Å². The molecule has 0 saturated carbocycles. The first-order chi connectivity index (χ1) is 7.33. The van der Waals surface area contributed by atoms with Crippen LogP contribution in [0.4, 0.5) is 0 Å². The summed E-state index contributed by atoms with van der Waals surface area (Å²) < 4.78 is 16.9. The van der Waals surface area contributed by atoms with Crippen molar-refractivity contribution in [2.75, 3.05) is 0 Å². The maximum Gasteiger partial charge on any atom is 0.359 e. The highest BCUT2D eigenvalue weighted by atomic mass is 31.2. The Kier molecular flexibility index (Phi) is 4.31. The molecule has 1 unspecified atom stereocenters. The van der Waals surface area contributed by atoms with Crippen LogP contribution in [-0.4, -0.2) is 11.0 Å². The first kappa shape index (κ1) is 13.4. The fourth-order valence-corrected chi connectivity index (χ4v) is 2.61. The minimum absolute atomic E-state index is 0.263. The number of hydrogen-bond donors (Lipinski definition) is 1. The van der Waals surface area contributed by atoms with Gasteiger partial charge < -0.3 is 9.42 Å². The standard InChI is InChI=1S/C12H19O3P/c1-9(2)11-5-7-12(8-6-11)16(13,14)15-10(3)4/h5-10H,1-4H3,(H,13,14). The zero-order valence-corrected chi connectivity index (χ0v) is 11.1. The molecule has 1 aromatic rings. The van der Waals surface area contributed by atoms with E-state index in [1.165, 1.54) is 0 Å². The molecule has 0 aliphatic rings. The van der Waals surface area contributed by atoms with Gasteiger partial charge in [0.2, 0.25) is 0 Å². The summed E-state index contributed by atoms with van der Waals surface area (Å²) in [4.78, 5) is 9.72. The van der Waals surface area contributed by atoms with Crippen molar-refractivity contribution in [3.8, 4) is 0 Å². The Bertz CT molecular complexity index is 382. The smallest absolute Gasteiger partial charge is 0.321 e. The molecule has 0 radical (unpaired) electrons. The Morgan fingerprint density at radius 2 is 1.62 bits per heavy atom. The first-order valence-electron chi connectivity index (χ1n) is 5.44. The topological polar surface area (TPSA) is 46.5 Å². The van der Waals surface area contributed by atoms with Crippen molar-refractivity contribution >= 4 is 12.9 Å². The third-order valence-corrected chi connectivity index (χ3v) is 3.90. The predicted molar refractivity (Wildman–Crippen MR) is 66.2 cm³/mol. The van der Waals surface area contributed by atoms with E-state index in [0.29, 0.717) is 11.2 Å². The molecule has 0 saturated heterocycles. The van der Waals surface area contributed by atoms with Crippen LogP contribution in [-0.2, 0) is 9.09 Å². The molecule has 90 valence electrons. The lowest BCUT2D eigenvalue weighted by Gasteiger charge is -2.15. The summed E-state index contributed by atoms with van der Waals surface area (Å²) >= 11 is 0. The van der Waals surface area contributed by atoms with Crippen LogP contribution in [0.5, 0.6) is 0 Å². The van der Waals surface area contributed by atoms with E-state index in [1.807, 2.05) is 12.1 Å². The molecule has 0 aliphatic carbocycles. The van der Waals surface area contributed by atoms with Gasteiger partial charge in [0.1, 0.15) is 0 Å². The van der Waals surface area contributed by atoms with E-state index in [4.69, 9.17) is 4.52 Å². The summed E-state index contributed by atoms with van der Waals surface area (Å²) in [7, 11) is -3.65. The van der Waals surface area contributed by atoms with E-state index in [-0.39, 0.29) is 6.10 Å². The average Bonchev–Trinajstić information content (AvgIpc) is 2.16. The summed E-state index contributed by atoms with van der Waals surface area (Å²) in [6.45, 7) is 7.65. The second-order valence-electron chi connectivity index (χ2n) is 4.42. The van der Waals surface area contributed by atoms with E-state index < -0.39 is 7.60 Å². The molecular formula is C12H19O3P. The highest BCUT2D eigenvalue weighted by molar-refractivity contribution is 7.61. The lowest BCUT2D eigenvalue weighted by molar-refractivity contribution is 0.212. The van der Waals surface area contributed by atoms with Gasteiger partial charge in [-0.15, -0.1) is 0 Å². The van der Waals surface area contributed by atoms with Gasteiger partial charge in [0, 0.05) is 0 Å². The van der Waals surface area contributed by atoms with Crippen molar-refractivity contribution in [1.82, 2.24) is 0 Å². The van der Waals surface area contributed by atoms with Crippen LogP contribution in [0.3, 0.4) is 0 Å². The van der Waals surface area contributed by atoms with Crippen molar-refractivity contribution < 1.29 is 14.0 Å². The molecule has 3 nitrogen and oxygen atoms in total. The quantitative estimate of drug-likeness (QED) is 0.825. The molecule has 1 aromatic carbocycles. The van der Waals surface area contributed by atoms with Gasteiger partial charge in [-0.2, -0.15) is 0 Å². The Morgan fingerprint density at radius 1 is 1.12 bits per heavy atom. The maximum atomic E-state index is 11.8. The number of hydrogen-bond acceptors (Lipinski definition) is 2. The minimum atomic E-state index is -3.65. The van der Waals surface area contributed by atoms with Crippen molar-refractivity contribution in [3.05, 3.63) is 29.8 Å². The third kappa shape index (κ3) is 3.44. The Labute approximate surface area is 97.0 Å². The third-order valence-electron chi connectivity index (χ3n) is 2.24. The molecule has 0 amide bonds. The summed E-state index contributed by atoms with van der Waals surface area (Å²) in [5.74, 6) is 0.415. The van der Waals surface area contributed by atoms with E-state index in [0.717, 1.165) is 5.56 Å². The van der Waals surface area contributed by atoms with Crippen molar-refractivity contribution in [2.24, 2.45) is 0 Å². The van der Waals surface area contributed by atoms with Gasteiger partial charge >= 0.3 is 7.60 Å². The molecule has 0 aromatic heterocycles. The Balaban J connectivity index is 2.93. The summed E-state index contributed by atoms with van der Waals surface area (Å²) in [5, 5.41) is 0.352. The van der Waals surface area contributed by atoms with Crippen LogP contribution >= 0.6 is 7.60 Å². The second kappa shape index (κ2) is 5.13. The highest BCUT2D eigenvalue weighted by Gasteiger charge is 2.23. The molecule has 1 N–H and O–H groups in total. The number of benzene rings is 1. The second-order valence-corrected chi connectivity index (χ2v) is 6.19. The largest absolute Gasteiger partial charge is 0.359 e. The molecule has 1 atom stereocenters. The van der Waals surface area contributed by atoms with Gasteiger partial charge in [-0.3, -0.25) is 4.57 Å². The van der Waals surface area contributed by atoms with Crippen molar-refractivity contribution in [1.29, 1.82) is 0 Å². The molecule has 16 heavy (non-hydrogen) atoms. The Morgan fingerprint density at radius 3 is 2.00 bits per heavy atom. The van der Waals surface area contributed by atoms with E-state index in [1.54, 1.807) is 26.0 Å². The van der Waals surface area contributed by atoms with E-state index in [9.17, 15) is 9.46 Å². The molecule has 0 spiro atoms. The van der Waals surface area contributed by atoms with Gasteiger partial charge in [0.15, 0.2) is 0 Å². The molecule has 0 fully saturated rings. The Hall–Kier alpha value is -0.630. The monoisotopic (exact) mass is 242 g/mol. The van der Waals surface area contributed by atoms with Crippen molar-refractivity contribution in [3.63, 3.8) is 0 Å². The first-order valence-corrected chi connectivity index (χ1v) is 7.02. The normalized spacial score (nSPS) is 15.4. The highest BCUT2D eigenvalue weighted by Crippen LogP contribution is 2.42. The van der Waals surface area contributed by atoms with Crippen LogP contribution in [0.15, 0.2) is 24.3 Å². The summed E-state index contributed by atoms with van der Waals surface area (Å²) in [6, 6.07) is 7.07. The molecular weight excluding hydrogens is 223 g/mol. The van der Waals surface area contributed by atoms with Crippen LogP contribution < -0.4 is 5.30 Å². The van der Waals surface area contributed by atoms with Gasteiger partial charge in [0.25, 0.3) is 0 Å². The van der Waals surface area contributed by atoms with Crippen LogP contribution in [0.2, 0.25) is 0 Å². The lowest BCUT2D eigenvalue weighted by atomic mass is 10.0.